The Balaban J connectivity index is 2.16. The molecule has 0 bridgehead atoms. The average molecular weight is 263 g/mol. The Labute approximate surface area is 103 Å². The molecule has 0 radical (unpaired) electrons. The highest BCUT2D eigenvalue weighted by Crippen LogP contribution is 2.31. The highest BCUT2D eigenvalue weighted by atomic mass is 32.2. The van der Waals surface area contributed by atoms with Crippen LogP contribution in [0.3, 0.4) is 0 Å². The molecule has 5 nitrogen and oxygen atoms in total. The Morgan fingerprint density at radius 3 is 2.71 bits per heavy atom. The van der Waals surface area contributed by atoms with Crippen molar-refractivity contribution in [2.24, 2.45) is 11.8 Å². The molecule has 0 aliphatic heterocycles. The molecule has 0 amide bonds. The first-order chi connectivity index (χ1) is 7.90. The van der Waals surface area contributed by atoms with Gasteiger partial charge in [0.05, 0.1) is 11.7 Å². The molecular formula is C11H21NO4S. The summed E-state index contributed by atoms with van der Waals surface area (Å²) in [6.07, 6.45) is 4.52. The van der Waals surface area contributed by atoms with Gasteiger partial charge in [-0.1, -0.05) is 6.42 Å². The molecule has 1 fully saturated rings. The van der Waals surface area contributed by atoms with E-state index in [1.165, 1.54) is 6.26 Å². The normalized spacial score (nSPS) is 25.0. The zero-order valence-corrected chi connectivity index (χ0v) is 11.0. The first kappa shape index (κ1) is 14.4. The van der Waals surface area contributed by atoms with Crippen LogP contribution in [0.1, 0.15) is 25.7 Å². The van der Waals surface area contributed by atoms with Gasteiger partial charge in [0.2, 0.25) is 0 Å². The minimum absolute atomic E-state index is 0.188. The van der Waals surface area contributed by atoms with E-state index in [9.17, 15) is 13.2 Å². The van der Waals surface area contributed by atoms with Gasteiger partial charge in [0.1, 0.15) is 9.84 Å². The molecule has 2 unspecified atom stereocenters. The third-order valence-corrected chi connectivity index (χ3v) is 4.28. The number of aliphatic carboxylic acids is 1. The highest BCUT2D eigenvalue weighted by molar-refractivity contribution is 7.90. The molecule has 0 aromatic carbocycles. The van der Waals surface area contributed by atoms with E-state index in [-0.39, 0.29) is 17.6 Å². The van der Waals surface area contributed by atoms with Crippen molar-refractivity contribution in [3.05, 3.63) is 0 Å². The van der Waals surface area contributed by atoms with Crippen LogP contribution in [0.25, 0.3) is 0 Å². The van der Waals surface area contributed by atoms with Crippen molar-refractivity contribution < 1.29 is 18.3 Å². The molecule has 0 aromatic rings. The summed E-state index contributed by atoms with van der Waals surface area (Å²) in [6.45, 7) is 1.32. The molecule has 1 aliphatic rings. The Morgan fingerprint density at radius 1 is 1.41 bits per heavy atom. The van der Waals surface area contributed by atoms with Crippen LogP contribution in [0.2, 0.25) is 0 Å². The fourth-order valence-electron chi connectivity index (χ4n) is 2.35. The van der Waals surface area contributed by atoms with E-state index in [0.717, 1.165) is 19.3 Å². The van der Waals surface area contributed by atoms with E-state index < -0.39 is 15.8 Å². The van der Waals surface area contributed by atoms with E-state index in [2.05, 4.69) is 5.32 Å². The highest BCUT2D eigenvalue weighted by Gasteiger charge is 2.32. The fraction of sp³-hybridized carbons (Fsp3) is 0.909. The van der Waals surface area contributed by atoms with Gasteiger partial charge in [0, 0.05) is 6.26 Å². The fourth-order valence-corrected chi connectivity index (χ4v) is 3.02. The Kier molecular flexibility index (Phi) is 5.39. The minimum atomic E-state index is -2.88. The lowest BCUT2D eigenvalue weighted by molar-refractivity contribution is -0.142. The Bertz CT molecular complexity index is 352. The third-order valence-electron chi connectivity index (χ3n) is 3.25. The monoisotopic (exact) mass is 263 g/mol. The average Bonchev–Trinajstić information content (AvgIpc) is 2.63. The molecule has 1 aliphatic carbocycles. The summed E-state index contributed by atoms with van der Waals surface area (Å²) in [5.41, 5.74) is 0. The Hall–Kier alpha value is -0.620. The maximum absolute atomic E-state index is 10.9. The van der Waals surface area contributed by atoms with Crippen LogP contribution < -0.4 is 5.32 Å². The van der Waals surface area contributed by atoms with Crippen LogP contribution in [-0.2, 0) is 14.6 Å². The third kappa shape index (κ3) is 5.50. The molecule has 1 saturated carbocycles. The molecule has 6 heteroatoms. The standard InChI is InChI=1S/C11H21NO4S/c1-17(15,16)7-3-6-12-8-9-4-2-5-10(9)11(13)14/h9-10,12H,2-8H2,1H3,(H,13,14). The van der Waals surface area contributed by atoms with Gasteiger partial charge >= 0.3 is 5.97 Å². The summed E-state index contributed by atoms with van der Waals surface area (Å²) in [5, 5.41) is 12.1. The molecule has 2 atom stereocenters. The summed E-state index contributed by atoms with van der Waals surface area (Å²) >= 11 is 0. The number of carbonyl (C=O) groups is 1. The largest absolute Gasteiger partial charge is 0.481 e. The number of sulfone groups is 1. The predicted molar refractivity (Wildman–Crippen MR) is 65.7 cm³/mol. The summed E-state index contributed by atoms with van der Waals surface area (Å²) in [5.74, 6) is -0.541. The van der Waals surface area contributed by atoms with Crippen LogP contribution in [0.15, 0.2) is 0 Å². The first-order valence-corrected chi connectivity index (χ1v) is 8.07. The van der Waals surface area contributed by atoms with E-state index in [1.54, 1.807) is 0 Å². The van der Waals surface area contributed by atoms with Gasteiger partial charge < -0.3 is 10.4 Å². The van der Waals surface area contributed by atoms with Gasteiger partial charge in [-0.3, -0.25) is 4.79 Å². The number of hydrogen-bond acceptors (Lipinski definition) is 4. The first-order valence-electron chi connectivity index (χ1n) is 6.01. The maximum Gasteiger partial charge on any atom is 0.306 e. The number of carboxylic acid groups (broad SMARTS) is 1. The van der Waals surface area contributed by atoms with E-state index >= 15 is 0 Å². The zero-order valence-electron chi connectivity index (χ0n) is 10.2. The van der Waals surface area contributed by atoms with Crippen molar-refractivity contribution in [3.63, 3.8) is 0 Å². The molecule has 0 spiro atoms. The van der Waals surface area contributed by atoms with Gasteiger partial charge in [-0.15, -0.1) is 0 Å². The van der Waals surface area contributed by atoms with Crippen LogP contribution in [0, 0.1) is 11.8 Å². The van der Waals surface area contributed by atoms with Crippen LogP contribution in [-0.4, -0.2) is 44.6 Å². The second-order valence-electron chi connectivity index (χ2n) is 4.82. The molecule has 100 valence electrons. The SMILES string of the molecule is CS(=O)(=O)CCCNCC1CCCC1C(=O)O. The van der Waals surface area contributed by atoms with E-state index in [4.69, 9.17) is 5.11 Å². The second kappa shape index (κ2) is 6.35. The molecule has 0 aromatic heterocycles. The maximum atomic E-state index is 10.9. The summed E-state index contributed by atoms with van der Waals surface area (Å²) in [6, 6.07) is 0. The van der Waals surface area contributed by atoms with Crippen molar-refractivity contribution in [2.45, 2.75) is 25.7 Å². The smallest absolute Gasteiger partial charge is 0.306 e. The molecule has 1 rings (SSSR count). The zero-order chi connectivity index (χ0) is 12.9. The number of nitrogens with one attached hydrogen (secondary N) is 1. The number of carboxylic acids is 1. The lowest BCUT2D eigenvalue weighted by atomic mass is 9.96. The number of hydrogen-bond donors (Lipinski definition) is 2. The topological polar surface area (TPSA) is 83.5 Å². The lowest BCUT2D eigenvalue weighted by Crippen LogP contribution is -2.30. The summed E-state index contributed by atoms with van der Waals surface area (Å²) in [4.78, 5) is 10.9. The summed E-state index contributed by atoms with van der Waals surface area (Å²) in [7, 11) is -2.88. The van der Waals surface area contributed by atoms with Gasteiger partial charge in [0.15, 0.2) is 0 Å². The van der Waals surface area contributed by atoms with Crippen LogP contribution in [0.4, 0.5) is 0 Å². The minimum Gasteiger partial charge on any atom is -0.481 e. The molecule has 17 heavy (non-hydrogen) atoms. The Morgan fingerprint density at radius 2 is 2.12 bits per heavy atom. The van der Waals surface area contributed by atoms with Crippen molar-refractivity contribution in [1.82, 2.24) is 5.32 Å². The van der Waals surface area contributed by atoms with E-state index in [0.29, 0.717) is 19.5 Å². The molecule has 2 N–H and O–H groups in total. The van der Waals surface area contributed by atoms with Crippen LogP contribution >= 0.6 is 0 Å². The molecule has 0 heterocycles. The van der Waals surface area contributed by atoms with Crippen molar-refractivity contribution in [2.75, 3.05) is 25.1 Å². The van der Waals surface area contributed by atoms with Crippen LogP contribution in [0.5, 0.6) is 0 Å². The quantitative estimate of drug-likeness (QED) is 0.654. The van der Waals surface area contributed by atoms with Gasteiger partial charge in [-0.2, -0.15) is 0 Å². The summed E-state index contributed by atoms with van der Waals surface area (Å²) < 4.78 is 21.8. The molecular weight excluding hydrogens is 242 g/mol. The van der Waals surface area contributed by atoms with Gasteiger partial charge in [-0.05, 0) is 38.3 Å². The predicted octanol–water partition coefficient (Wildman–Crippen LogP) is 0.512. The molecule has 0 saturated heterocycles. The van der Waals surface area contributed by atoms with Crippen molar-refractivity contribution in [1.29, 1.82) is 0 Å². The van der Waals surface area contributed by atoms with Crippen molar-refractivity contribution >= 4 is 15.8 Å². The second-order valence-corrected chi connectivity index (χ2v) is 7.08. The number of rotatable bonds is 7. The van der Waals surface area contributed by atoms with Gasteiger partial charge in [0.25, 0.3) is 0 Å². The van der Waals surface area contributed by atoms with Crippen molar-refractivity contribution in [3.8, 4) is 0 Å². The van der Waals surface area contributed by atoms with Gasteiger partial charge in [-0.25, -0.2) is 8.42 Å². The lowest BCUT2D eigenvalue weighted by Gasteiger charge is -2.16. The van der Waals surface area contributed by atoms with E-state index in [1.807, 2.05) is 0 Å².